The molecular weight excluding hydrogens is 543 g/mol. The van der Waals surface area contributed by atoms with Gasteiger partial charge in [0.25, 0.3) is 0 Å². The van der Waals surface area contributed by atoms with Gasteiger partial charge in [-0.3, -0.25) is 0 Å². The van der Waals surface area contributed by atoms with Crippen LogP contribution in [0.4, 0.5) is 17.1 Å². The zero-order valence-electron chi connectivity index (χ0n) is 26.3. The van der Waals surface area contributed by atoms with Gasteiger partial charge in [0.2, 0.25) is 6.71 Å². The molecule has 2 aliphatic heterocycles. The van der Waals surface area contributed by atoms with Crippen molar-refractivity contribution < 1.29 is 0 Å². The fourth-order valence-corrected chi connectivity index (χ4v) is 8.22. The van der Waals surface area contributed by atoms with Crippen molar-refractivity contribution in [2.75, 3.05) is 4.90 Å². The molecule has 9 rings (SSSR count). The summed E-state index contributed by atoms with van der Waals surface area (Å²) in [5, 5.41) is 2.57. The Morgan fingerprint density at radius 2 is 1.11 bits per heavy atom. The molecule has 0 fully saturated rings. The summed E-state index contributed by atoms with van der Waals surface area (Å²) in [5.74, 6) is 0.770. The van der Waals surface area contributed by atoms with Crippen molar-refractivity contribution in [1.82, 2.24) is 4.57 Å². The second-order valence-electron chi connectivity index (χ2n) is 13.3. The Morgan fingerprint density at radius 3 is 1.84 bits per heavy atom. The highest BCUT2D eigenvalue weighted by Gasteiger charge is 2.44. The molecule has 2 aliphatic rings. The van der Waals surface area contributed by atoms with Gasteiger partial charge in [-0.1, -0.05) is 130 Å². The van der Waals surface area contributed by atoms with Crippen molar-refractivity contribution >= 4 is 62.0 Å². The number of fused-ring (bicyclic) bond motifs is 8. The Labute approximate surface area is 265 Å². The summed E-state index contributed by atoms with van der Waals surface area (Å²) < 4.78 is 2.48. The van der Waals surface area contributed by atoms with Crippen LogP contribution in [0.25, 0.3) is 38.6 Å². The van der Waals surface area contributed by atoms with E-state index >= 15 is 0 Å². The van der Waals surface area contributed by atoms with E-state index in [1.165, 1.54) is 83.2 Å². The number of hydrogen-bond acceptors (Lipinski definition) is 1. The van der Waals surface area contributed by atoms with Gasteiger partial charge in [-0.2, -0.15) is 0 Å². The summed E-state index contributed by atoms with van der Waals surface area (Å²) in [7, 11) is 0. The number of para-hydroxylation sites is 4. The molecule has 0 spiro atoms. The summed E-state index contributed by atoms with van der Waals surface area (Å²) in [4.78, 5) is 2.62. The molecule has 0 unspecified atom stereocenters. The quantitative estimate of drug-likeness (QED) is 0.189. The van der Waals surface area contributed by atoms with Crippen LogP contribution >= 0.6 is 0 Å². The second-order valence-corrected chi connectivity index (χ2v) is 13.3. The van der Waals surface area contributed by atoms with E-state index in [-0.39, 0.29) is 6.71 Å². The minimum atomic E-state index is 0.203. The SMILES string of the molecule is CC(C)c1ccccc1N1c2cc(-n3c4ccccc4c4ccccc43)cc3c2B(c2ccccc2-3)c2cccc(C(C)C)c21. The largest absolute Gasteiger partial charge is 0.311 e. The predicted octanol–water partition coefficient (Wildman–Crippen LogP) is 9.31. The third kappa shape index (κ3) is 3.64. The van der Waals surface area contributed by atoms with Crippen LogP contribution in [-0.2, 0) is 0 Å². The number of anilines is 3. The zero-order chi connectivity index (χ0) is 30.4. The van der Waals surface area contributed by atoms with Crippen molar-refractivity contribution in [3.63, 3.8) is 0 Å². The molecule has 0 bridgehead atoms. The molecule has 45 heavy (non-hydrogen) atoms. The highest BCUT2D eigenvalue weighted by molar-refractivity contribution is 7.01. The van der Waals surface area contributed by atoms with E-state index in [2.05, 4.69) is 165 Å². The van der Waals surface area contributed by atoms with E-state index in [0.717, 1.165) is 0 Å². The number of rotatable bonds is 4. The van der Waals surface area contributed by atoms with Crippen molar-refractivity contribution in [3.8, 4) is 16.8 Å². The topological polar surface area (TPSA) is 8.17 Å². The average molecular weight is 579 g/mol. The lowest BCUT2D eigenvalue weighted by atomic mass is 9.37. The molecular formula is C42H35BN2. The highest BCUT2D eigenvalue weighted by atomic mass is 15.2. The van der Waals surface area contributed by atoms with Gasteiger partial charge < -0.3 is 9.47 Å². The molecule has 3 heterocycles. The minimum absolute atomic E-state index is 0.203. The minimum Gasteiger partial charge on any atom is -0.311 e. The van der Waals surface area contributed by atoms with Crippen LogP contribution in [0.2, 0.25) is 0 Å². The zero-order valence-corrected chi connectivity index (χ0v) is 26.3. The Morgan fingerprint density at radius 1 is 0.511 bits per heavy atom. The molecule has 7 aromatic rings. The Bertz CT molecular complexity index is 2250. The Balaban J connectivity index is 1.45. The molecule has 0 saturated carbocycles. The maximum Gasteiger partial charge on any atom is 0.248 e. The summed E-state index contributed by atoms with van der Waals surface area (Å²) in [6, 6.07) is 47.8. The van der Waals surface area contributed by atoms with E-state index < -0.39 is 0 Å². The lowest BCUT2D eigenvalue weighted by molar-refractivity contribution is 0.855. The van der Waals surface area contributed by atoms with Gasteiger partial charge >= 0.3 is 0 Å². The first-order valence-corrected chi connectivity index (χ1v) is 16.3. The first-order valence-electron chi connectivity index (χ1n) is 16.3. The Kier molecular flexibility index (Phi) is 5.71. The van der Waals surface area contributed by atoms with E-state index in [1.54, 1.807) is 0 Å². The molecule has 0 radical (unpaired) electrons. The monoisotopic (exact) mass is 578 g/mol. The number of aromatic nitrogens is 1. The molecule has 1 aromatic heterocycles. The van der Waals surface area contributed by atoms with Gasteiger partial charge in [-0.05, 0) is 75.3 Å². The van der Waals surface area contributed by atoms with Crippen LogP contribution in [0.5, 0.6) is 0 Å². The first-order chi connectivity index (χ1) is 22.0. The number of hydrogen-bond donors (Lipinski definition) is 0. The molecule has 0 aliphatic carbocycles. The predicted molar refractivity (Wildman–Crippen MR) is 194 cm³/mol. The summed E-state index contributed by atoms with van der Waals surface area (Å²) in [5.41, 5.74) is 17.3. The maximum atomic E-state index is 2.62. The van der Waals surface area contributed by atoms with Crippen molar-refractivity contribution in [2.45, 2.75) is 39.5 Å². The number of benzene rings is 6. The molecule has 0 N–H and O–H groups in total. The lowest BCUT2D eigenvalue weighted by Crippen LogP contribution is -2.55. The smallest absolute Gasteiger partial charge is 0.248 e. The third-order valence-electron chi connectivity index (χ3n) is 10.1. The number of nitrogens with zero attached hydrogens (tertiary/aromatic N) is 2. The van der Waals surface area contributed by atoms with Gasteiger partial charge in [0.1, 0.15) is 0 Å². The van der Waals surface area contributed by atoms with Crippen LogP contribution in [-0.4, -0.2) is 11.3 Å². The van der Waals surface area contributed by atoms with Gasteiger partial charge in [0.05, 0.1) is 11.0 Å². The van der Waals surface area contributed by atoms with E-state index in [4.69, 9.17) is 0 Å². The molecule has 6 aromatic carbocycles. The molecule has 0 atom stereocenters. The van der Waals surface area contributed by atoms with E-state index in [0.29, 0.717) is 11.8 Å². The molecule has 2 nitrogen and oxygen atoms in total. The molecule has 0 saturated heterocycles. The van der Waals surface area contributed by atoms with Crippen LogP contribution in [0, 0.1) is 0 Å². The van der Waals surface area contributed by atoms with Gasteiger partial charge in [0, 0.05) is 33.5 Å². The standard InChI is InChI=1S/C42H35BN2/c1-26(2)29-14-6-10-21-37(29)45-40-25-28(44-38-22-11-7-16-32(38)33-17-8-12-23-39(33)44)24-34-31-15-5-9-19-35(31)43(41(34)40)36-20-13-18-30(27(3)4)42(36)45/h5-27H,1-4H3. The van der Waals surface area contributed by atoms with Gasteiger partial charge in [-0.15, -0.1) is 0 Å². The lowest BCUT2D eigenvalue weighted by Gasteiger charge is -2.39. The summed E-state index contributed by atoms with van der Waals surface area (Å²) >= 11 is 0. The van der Waals surface area contributed by atoms with Gasteiger partial charge in [0.15, 0.2) is 0 Å². The molecule has 216 valence electrons. The van der Waals surface area contributed by atoms with Crippen LogP contribution < -0.4 is 21.3 Å². The van der Waals surface area contributed by atoms with Crippen molar-refractivity contribution in [3.05, 3.63) is 139 Å². The van der Waals surface area contributed by atoms with E-state index in [1.807, 2.05) is 0 Å². The summed E-state index contributed by atoms with van der Waals surface area (Å²) in [6.45, 7) is 9.50. The van der Waals surface area contributed by atoms with Crippen LogP contribution in [0.15, 0.2) is 127 Å². The normalized spacial score (nSPS) is 13.2. The first kappa shape index (κ1) is 26.4. The van der Waals surface area contributed by atoms with Gasteiger partial charge in [-0.25, -0.2) is 0 Å². The Hall–Kier alpha value is -5.02. The van der Waals surface area contributed by atoms with E-state index in [9.17, 15) is 0 Å². The van der Waals surface area contributed by atoms with Crippen molar-refractivity contribution in [2.24, 2.45) is 0 Å². The van der Waals surface area contributed by atoms with Crippen LogP contribution in [0.1, 0.15) is 50.7 Å². The highest BCUT2D eigenvalue weighted by Crippen LogP contribution is 2.47. The van der Waals surface area contributed by atoms with Crippen molar-refractivity contribution in [1.29, 1.82) is 0 Å². The molecule has 3 heteroatoms. The second kappa shape index (κ2) is 9.74. The van der Waals surface area contributed by atoms with Crippen LogP contribution in [0.3, 0.4) is 0 Å². The fraction of sp³-hybridized carbons (Fsp3) is 0.143. The fourth-order valence-electron chi connectivity index (χ4n) is 8.22. The third-order valence-corrected chi connectivity index (χ3v) is 10.1. The summed E-state index contributed by atoms with van der Waals surface area (Å²) in [6.07, 6.45) is 0. The molecule has 0 amide bonds. The average Bonchev–Trinajstić information content (AvgIpc) is 3.58. The maximum absolute atomic E-state index is 2.62.